The first-order valence-electron chi connectivity index (χ1n) is 10.8. The van der Waals surface area contributed by atoms with Crippen LogP contribution in [0.4, 0.5) is 27.5 Å². The molecule has 4 rings (SSSR count). The van der Waals surface area contributed by atoms with Crippen LogP contribution in [0.3, 0.4) is 0 Å². The van der Waals surface area contributed by atoms with E-state index >= 15 is 0 Å². The molecule has 0 saturated carbocycles. The maximum atomic E-state index is 14.5. The van der Waals surface area contributed by atoms with Crippen LogP contribution < -0.4 is 16.0 Å². The maximum absolute atomic E-state index is 14.5. The van der Waals surface area contributed by atoms with Crippen LogP contribution in [0.1, 0.15) is 52.5 Å². The Bertz CT molecular complexity index is 988. The fourth-order valence-corrected chi connectivity index (χ4v) is 4.79. The quantitative estimate of drug-likeness (QED) is 0.676. The van der Waals surface area contributed by atoms with Crippen LogP contribution in [0.15, 0.2) is 24.4 Å². The number of likely N-dealkylation sites (tertiary alicyclic amines) is 1. The summed E-state index contributed by atoms with van der Waals surface area (Å²) in [6, 6.07) is 5.79. The molecule has 7 nitrogen and oxygen atoms in total. The zero-order chi connectivity index (χ0) is 22.4. The molecule has 0 unspecified atom stereocenters. The van der Waals surface area contributed by atoms with Crippen molar-refractivity contribution in [2.75, 3.05) is 23.0 Å². The lowest BCUT2D eigenvalue weighted by molar-refractivity contribution is -0.116. The summed E-state index contributed by atoms with van der Waals surface area (Å²) in [7, 11) is 2.15. The minimum absolute atomic E-state index is 0.0114. The van der Waals surface area contributed by atoms with E-state index in [0.717, 1.165) is 29.8 Å². The van der Waals surface area contributed by atoms with Gasteiger partial charge >= 0.3 is 0 Å². The van der Waals surface area contributed by atoms with Crippen LogP contribution in [-0.2, 0) is 11.2 Å². The number of anilines is 4. The van der Waals surface area contributed by atoms with Crippen molar-refractivity contribution in [2.45, 2.75) is 70.5 Å². The fraction of sp³-hybridized carbons (Fsp3) is 0.522. The molecule has 8 heteroatoms. The van der Waals surface area contributed by atoms with Gasteiger partial charge in [-0.1, -0.05) is 0 Å². The summed E-state index contributed by atoms with van der Waals surface area (Å²) in [6.07, 6.45) is 4.13. The third-order valence-corrected chi connectivity index (χ3v) is 6.65. The average Bonchev–Trinajstić information content (AvgIpc) is 2.68. The highest BCUT2D eigenvalue weighted by Gasteiger charge is 2.43. The molecule has 2 aliphatic rings. The SMILES string of the molecule is CN1C(C)(C)CC(Nc2nc(Nc3ccc4c(c3)CCC(=O)N4)ncc2F)CC1(C)C. The molecule has 0 spiro atoms. The molecule has 2 aliphatic heterocycles. The number of benzene rings is 1. The Morgan fingerprint density at radius 2 is 1.87 bits per heavy atom. The molecule has 1 amide bonds. The number of rotatable bonds is 4. The monoisotopic (exact) mass is 426 g/mol. The van der Waals surface area contributed by atoms with E-state index in [9.17, 15) is 9.18 Å². The minimum Gasteiger partial charge on any atom is -0.365 e. The number of piperidine rings is 1. The van der Waals surface area contributed by atoms with E-state index in [0.29, 0.717) is 18.8 Å². The van der Waals surface area contributed by atoms with Gasteiger partial charge in [0.15, 0.2) is 11.6 Å². The van der Waals surface area contributed by atoms with Gasteiger partial charge in [-0.3, -0.25) is 9.69 Å². The van der Waals surface area contributed by atoms with Gasteiger partial charge in [-0.2, -0.15) is 4.98 Å². The van der Waals surface area contributed by atoms with Gasteiger partial charge in [-0.15, -0.1) is 0 Å². The Kier molecular flexibility index (Phi) is 5.37. The first-order chi connectivity index (χ1) is 14.5. The summed E-state index contributed by atoms with van der Waals surface area (Å²) in [5.74, 6) is 0.110. The number of amides is 1. The first kappa shape index (κ1) is 21.5. The summed E-state index contributed by atoms with van der Waals surface area (Å²) in [5, 5.41) is 9.35. The molecule has 0 aliphatic carbocycles. The Hall–Kier alpha value is -2.74. The summed E-state index contributed by atoms with van der Waals surface area (Å²) in [5.41, 5.74) is 2.66. The topological polar surface area (TPSA) is 82.2 Å². The van der Waals surface area contributed by atoms with Gasteiger partial charge in [0.25, 0.3) is 0 Å². The molecule has 3 N–H and O–H groups in total. The zero-order valence-corrected chi connectivity index (χ0v) is 18.8. The molecule has 0 bridgehead atoms. The lowest BCUT2D eigenvalue weighted by Gasteiger charge is -2.53. The number of carbonyl (C=O) groups excluding carboxylic acids is 1. The van der Waals surface area contributed by atoms with Crippen LogP contribution in [-0.4, -0.2) is 44.9 Å². The lowest BCUT2D eigenvalue weighted by atomic mass is 9.77. The van der Waals surface area contributed by atoms with E-state index in [4.69, 9.17) is 0 Å². The van der Waals surface area contributed by atoms with Crippen molar-refractivity contribution in [2.24, 2.45) is 0 Å². The van der Waals surface area contributed by atoms with Gasteiger partial charge in [-0.05, 0) is 77.8 Å². The normalized spacial score (nSPS) is 20.6. The second-order valence-corrected chi connectivity index (χ2v) is 9.87. The highest BCUT2D eigenvalue weighted by atomic mass is 19.1. The van der Waals surface area contributed by atoms with Crippen molar-refractivity contribution in [3.63, 3.8) is 0 Å². The molecule has 1 saturated heterocycles. The van der Waals surface area contributed by atoms with Crippen molar-refractivity contribution in [3.05, 3.63) is 35.8 Å². The molecule has 0 atom stereocenters. The van der Waals surface area contributed by atoms with E-state index in [2.05, 4.69) is 65.6 Å². The second-order valence-electron chi connectivity index (χ2n) is 9.87. The number of carbonyl (C=O) groups is 1. The van der Waals surface area contributed by atoms with Gasteiger partial charge in [-0.25, -0.2) is 9.37 Å². The number of fused-ring (bicyclic) bond motifs is 1. The standard InChI is InChI=1S/C23H31FN6O/c1-22(2)11-16(12-23(3,4)30(22)5)26-20-17(24)13-25-21(29-20)27-15-7-8-18-14(10-15)6-9-19(31)28-18/h7-8,10,13,16H,6,9,11-12H2,1-5H3,(H,28,31)(H2,25,26,27,29). The van der Waals surface area contributed by atoms with Crippen LogP contribution >= 0.6 is 0 Å². The number of halogens is 1. The molecule has 31 heavy (non-hydrogen) atoms. The van der Waals surface area contributed by atoms with E-state index in [1.54, 1.807) is 0 Å². The summed E-state index contributed by atoms with van der Waals surface area (Å²) in [4.78, 5) is 22.4. The number of aromatic nitrogens is 2. The Morgan fingerprint density at radius 3 is 2.58 bits per heavy atom. The van der Waals surface area contributed by atoms with E-state index in [-0.39, 0.29) is 28.8 Å². The zero-order valence-electron chi connectivity index (χ0n) is 18.8. The second kappa shape index (κ2) is 7.75. The molecule has 1 aromatic heterocycles. The highest BCUT2D eigenvalue weighted by molar-refractivity contribution is 5.94. The van der Waals surface area contributed by atoms with Crippen LogP contribution in [0, 0.1) is 5.82 Å². The smallest absolute Gasteiger partial charge is 0.229 e. The van der Waals surface area contributed by atoms with Gasteiger partial charge < -0.3 is 16.0 Å². The summed E-state index contributed by atoms with van der Waals surface area (Å²) in [6.45, 7) is 8.85. The van der Waals surface area contributed by atoms with Crippen molar-refractivity contribution >= 4 is 29.0 Å². The Morgan fingerprint density at radius 1 is 1.16 bits per heavy atom. The molecule has 3 heterocycles. The average molecular weight is 427 g/mol. The van der Waals surface area contributed by atoms with E-state index in [1.165, 1.54) is 6.20 Å². The van der Waals surface area contributed by atoms with E-state index in [1.807, 2.05) is 18.2 Å². The van der Waals surface area contributed by atoms with Crippen LogP contribution in [0.25, 0.3) is 0 Å². The largest absolute Gasteiger partial charge is 0.365 e. The summed E-state index contributed by atoms with van der Waals surface area (Å²) >= 11 is 0. The van der Waals surface area contributed by atoms with Crippen molar-refractivity contribution in [3.8, 4) is 0 Å². The van der Waals surface area contributed by atoms with Crippen molar-refractivity contribution < 1.29 is 9.18 Å². The maximum Gasteiger partial charge on any atom is 0.229 e. The van der Waals surface area contributed by atoms with Gasteiger partial charge in [0.05, 0.1) is 6.20 Å². The Balaban J connectivity index is 1.51. The predicted molar refractivity (Wildman–Crippen MR) is 121 cm³/mol. The van der Waals surface area contributed by atoms with E-state index < -0.39 is 5.82 Å². The number of hydrogen-bond donors (Lipinski definition) is 3. The fourth-order valence-electron chi connectivity index (χ4n) is 4.79. The first-order valence-corrected chi connectivity index (χ1v) is 10.8. The van der Waals surface area contributed by atoms with Gasteiger partial charge in [0, 0.05) is 34.9 Å². The van der Waals surface area contributed by atoms with Gasteiger partial charge in [0.1, 0.15) is 0 Å². The third kappa shape index (κ3) is 4.49. The molecule has 1 fully saturated rings. The molecule has 1 aromatic carbocycles. The number of nitrogens with one attached hydrogen (secondary N) is 3. The van der Waals surface area contributed by atoms with Crippen molar-refractivity contribution in [1.29, 1.82) is 0 Å². The highest BCUT2D eigenvalue weighted by Crippen LogP contribution is 2.38. The van der Waals surface area contributed by atoms with Crippen molar-refractivity contribution in [1.82, 2.24) is 14.9 Å². The number of nitrogens with zero attached hydrogens (tertiary/aromatic N) is 3. The minimum atomic E-state index is -0.465. The molecule has 166 valence electrons. The van der Waals surface area contributed by atoms with Crippen LogP contribution in [0.5, 0.6) is 0 Å². The third-order valence-electron chi connectivity index (χ3n) is 6.65. The number of hydrogen-bond acceptors (Lipinski definition) is 6. The molecular weight excluding hydrogens is 395 g/mol. The molecule has 2 aromatic rings. The summed E-state index contributed by atoms with van der Waals surface area (Å²) < 4.78 is 14.5. The number of aryl methyl sites for hydroxylation is 1. The Labute approximate surface area is 182 Å². The van der Waals surface area contributed by atoms with Crippen LogP contribution in [0.2, 0.25) is 0 Å². The molecular formula is C23H31FN6O. The molecule has 0 radical (unpaired) electrons. The van der Waals surface area contributed by atoms with Gasteiger partial charge in [0.2, 0.25) is 11.9 Å². The predicted octanol–water partition coefficient (Wildman–Crippen LogP) is 4.31. The lowest BCUT2D eigenvalue weighted by Crippen LogP contribution is -2.61.